The number of ether oxygens (including phenoxy) is 2. The number of anilines is 1. The molecule has 0 bridgehead atoms. The Balaban J connectivity index is 0.000000375. The lowest BCUT2D eigenvalue weighted by Crippen LogP contribution is -2.15. The van der Waals surface area contributed by atoms with Crippen LogP contribution in [0.5, 0.6) is 0 Å². The average molecular weight is 557 g/mol. The fourth-order valence-electron chi connectivity index (χ4n) is 3.01. The Labute approximate surface area is 221 Å². The molecule has 3 aromatic carbocycles. The van der Waals surface area contributed by atoms with Crippen LogP contribution in [0.25, 0.3) is 0 Å². The maximum Gasteiger partial charge on any atom is 0.338 e. The number of carbonyl (C=O) groups is 3. The Bertz CT molecular complexity index is 1090. The molecule has 0 heterocycles. The topological polar surface area (TPSA) is 98.9 Å². The molecule has 0 aliphatic heterocycles. The van der Waals surface area contributed by atoms with Gasteiger partial charge in [0, 0.05) is 29.1 Å². The molecule has 2 N–H and O–H groups in total. The molecule has 0 aliphatic carbocycles. The molecule has 0 aliphatic rings. The van der Waals surface area contributed by atoms with Gasteiger partial charge in [-0.1, -0.05) is 68.1 Å². The first-order valence-corrected chi connectivity index (χ1v) is 11.7. The summed E-state index contributed by atoms with van der Waals surface area (Å²) >= 11 is 3.34. The van der Waals surface area contributed by atoms with Crippen LogP contribution in [-0.2, 0) is 20.8 Å². The fraction of sp³-hybridized carbons (Fsp3) is 0.250. The highest BCUT2D eigenvalue weighted by Gasteiger charge is 2.14. The number of hydrogen-bond acceptors (Lipinski definition) is 7. The standard InChI is InChI=1S/C14H19BrN2O4.C13H10O.CH4/c1-9(18)20-4-5-21-14(19)10-6-11(8-17(2)3)13(16)12(15)7-10;14-13(11-7-3-1-4-8-11)12-9-5-2-6-10-12;/h6-7H,4-5,8,16H2,1-3H3;1-10H;1H4. The van der Waals surface area contributed by atoms with Crippen LogP contribution in [0.15, 0.2) is 77.3 Å². The molecule has 0 saturated heterocycles. The Morgan fingerprint density at radius 3 is 1.81 bits per heavy atom. The molecule has 3 rings (SSSR count). The molecule has 8 heteroatoms. The smallest absolute Gasteiger partial charge is 0.338 e. The summed E-state index contributed by atoms with van der Waals surface area (Å²) in [5.41, 5.74) is 9.27. The number of carbonyl (C=O) groups excluding carboxylic acids is 3. The van der Waals surface area contributed by atoms with E-state index < -0.39 is 11.9 Å². The highest BCUT2D eigenvalue weighted by molar-refractivity contribution is 9.10. The van der Waals surface area contributed by atoms with E-state index >= 15 is 0 Å². The average Bonchev–Trinajstić information content (AvgIpc) is 2.85. The van der Waals surface area contributed by atoms with E-state index in [0.717, 1.165) is 16.7 Å². The van der Waals surface area contributed by atoms with Crippen molar-refractivity contribution in [3.63, 3.8) is 0 Å². The van der Waals surface area contributed by atoms with Gasteiger partial charge in [0.2, 0.25) is 0 Å². The number of nitrogens with two attached hydrogens (primary N) is 1. The summed E-state index contributed by atoms with van der Waals surface area (Å²) in [4.78, 5) is 36.4. The predicted octanol–water partition coefficient (Wildman–Crippen LogP) is 5.37. The van der Waals surface area contributed by atoms with Gasteiger partial charge in [-0.25, -0.2) is 4.79 Å². The minimum Gasteiger partial charge on any atom is -0.462 e. The number of esters is 2. The molecule has 0 atom stereocenters. The first-order chi connectivity index (χ1) is 16.7. The second-order valence-electron chi connectivity index (χ2n) is 7.81. The Kier molecular flexibility index (Phi) is 13.1. The third-order valence-corrected chi connectivity index (χ3v) is 5.29. The highest BCUT2D eigenvalue weighted by atomic mass is 79.9. The molecule has 0 amide bonds. The molecule has 0 unspecified atom stereocenters. The number of ketones is 1. The second kappa shape index (κ2) is 15.5. The van der Waals surface area contributed by atoms with Gasteiger partial charge in [0.25, 0.3) is 0 Å². The van der Waals surface area contributed by atoms with Crippen LogP contribution in [0.3, 0.4) is 0 Å². The van der Waals surface area contributed by atoms with Gasteiger partial charge < -0.3 is 20.1 Å². The predicted molar refractivity (Wildman–Crippen MR) is 146 cm³/mol. The van der Waals surface area contributed by atoms with Crippen molar-refractivity contribution in [2.75, 3.05) is 33.0 Å². The summed E-state index contributed by atoms with van der Waals surface area (Å²) < 4.78 is 10.4. The van der Waals surface area contributed by atoms with E-state index in [1.54, 1.807) is 12.1 Å². The van der Waals surface area contributed by atoms with Gasteiger partial charge in [0.15, 0.2) is 5.78 Å². The summed E-state index contributed by atoms with van der Waals surface area (Å²) in [6.45, 7) is 1.97. The van der Waals surface area contributed by atoms with Crippen LogP contribution >= 0.6 is 15.9 Å². The largest absolute Gasteiger partial charge is 0.462 e. The molecule has 7 nitrogen and oxygen atoms in total. The number of hydrogen-bond donors (Lipinski definition) is 1. The molecule has 0 aromatic heterocycles. The van der Waals surface area contributed by atoms with E-state index in [-0.39, 0.29) is 26.4 Å². The molecule has 192 valence electrons. The van der Waals surface area contributed by atoms with Crippen molar-refractivity contribution in [3.05, 3.63) is 99.5 Å². The third kappa shape index (κ3) is 10.0. The minimum absolute atomic E-state index is 0. The Morgan fingerprint density at radius 1 is 0.833 bits per heavy atom. The number of nitrogen functional groups attached to an aromatic ring is 1. The molecule has 0 spiro atoms. The van der Waals surface area contributed by atoms with Crippen molar-refractivity contribution in [1.82, 2.24) is 4.90 Å². The zero-order valence-corrected chi connectivity index (χ0v) is 21.6. The molecule has 0 fully saturated rings. The fourth-order valence-corrected chi connectivity index (χ4v) is 3.51. The SMILES string of the molecule is C.CC(=O)OCCOC(=O)c1cc(Br)c(N)c(CN(C)C)c1.O=C(c1ccccc1)c1ccccc1. The van der Waals surface area contributed by atoms with Crippen molar-refractivity contribution in [1.29, 1.82) is 0 Å². The summed E-state index contributed by atoms with van der Waals surface area (Å²) in [5, 5.41) is 0. The molecular weight excluding hydrogens is 524 g/mol. The van der Waals surface area contributed by atoms with Crippen LogP contribution in [0.2, 0.25) is 0 Å². The Hall–Kier alpha value is -3.49. The third-order valence-electron chi connectivity index (χ3n) is 4.63. The van der Waals surface area contributed by atoms with Crippen LogP contribution in [0.1, 0.15) is 46.2 Å². The second-order valence-corrected chi connectivity index (χ2v) is 8.66. The number of nitrogens with zero attached hydrogens (tertiary/aromatic N) is 1. The number of rotatable bonds is 8. The number of benzene rings is 3. The van der Waals surface area contributed by atoms with Gasteiger partial charge in [-0.3, -0.25) is 9.59 Å². The molecule has 0 radical (unpaired) electrons. The van der Waals surface area contributed by atoms with Crippen molar-refractivity contribution in [2.24, 2.45) is 0 Å². The Morgan fingerprint density at radius 2 is 1.33 bits per heavy atom. The molecule has 3 aromatic rings. The zero-order chi connectivity index (χ0) is 25.8. The lowest BCUT2D eigenvalue weighted by molar-refractivity contribution is -0.142. The van der Waals surface area contributed by atoms with Gasteiger partial charge in [0.05, 0.1) is 11.3 Å². The van der Waals surface area contributed by atoms with Crippen molar-refractivity contribution in [2.45, 2.75) is 20.9 Å². The molecule has 36 heavy (non-hydrogen) atoms. The van der Waals surface area contributed by atoms with Crippen molar-refractivity contribution < 1.29 is 23.9 Å². The van der Waals surface area contributed by atoms with E-state index in [9.17, 15) is 14.4 Å². The first-order valence-electron chi connectivity index (χ1n) is 10.9. The van der Waals surface area contributed by atoms with Crippen LogP contribution in [0.4, 0.5) is 5.69 Å². The van der Waals surface area contributed by atoms with Crippen LogP contribution in [0, 0.1) is 0 Å². The maximum absolute atomic E-state index is 12.0. The highest BCUT2D eigenvalue weighted by Crippen LogP contribution is 2.26. The maximum atomic E-state index is 12.0. The summed E-state index contributed by atoms with van der Waals surface area (Å²) in [5.74, 6) is -0.816. The first kappa shape index (κ1) is 30.5. The van der Waals surface area contributed by atoms with Gasteiger partial charge in [-0.15, -0.1) is 0 Å². The van der Waals surface area contributed by atoms with Crippen molar-refractivity contribution >= 4 is 39.3 Å². The molecule has 0 saturated carbocycles. The minimum atomic E-state index is -0.483. The van der Waals surface area contributed by atoms with E-state index in [2.05, 4.69) is 15.9 Å². The molecular formula is C28H33BrN2O5. The van der Waals surface area contributed by atoms with Crippen LogP contribution < -0.4 is 5.73 Å². The van der Waals surface area contributed by atoms with Gasteiger partial charge in [-0.2, -0.15) is 0 Å². The summed E-state index contributed by atoms with van der Waals surface area (Å²) in [6, 6.07) is 21.9. The van der Waals surface area contributed by atoms with Crippen molar-refractivity contribution in [3.8, 4) is 0 Å². The van der Waals surface area contributed by atoms with Gasteiger partial charge in [-0.05, 0) is 47.7 Å². The van der Waals surface area contributed by atoms with Crippen LogP contribution in [-0.4, -0.2) is 49.9 Å². The lowest BCUT2D eigenvalue weighted by atomic mass is 10.0. The number of halogens is 1. The normalized spacial score (nSPS) is 9.92. The zero-order valence-electron chi connectivity index (χ0n) is 20.0. The van der Waals surface area contributed by atoms with E-state index in [4.69, 9.17) is 15.2 Å². The van der Waals surface area contributed by atoms with E-state index in [0.29, 0.717) is 22.3 Å². The quantitative estimate of drug-likeness (QED) is 0.172. The van der Waals surface area contributed by atoms with Gasteiger partial charge in [0.1, 0.15) is 13.2 Å². The summed E-state index contributed by atoms with van der Waals surface area (Å²) in [7, 11) is 3.83. The van der Waals surface area contributed by atoms with Gasteiger partial charge >= 0.3 is 11.9 Å². The monoisotopic (exact) mass is 556 g/mol. The van der Waals surface area contributed by atoms with E-state index in [1.807, 2.05) is 79.7 Å². The lowest BCUT2D eigenvalue weighted by Gasteiger charge is -2.14. The summed E-state index contributed by atoms with van der Waals surface area (Å²) in [6.07, 6.45) is 0. The van der Waals surface area contributed by atoms with E-state index in [1.165, 1.54) is 6.92 Å².